The number of benzene rings is 1. The Morgan fingerprint density at radius 1 is 0.886 bits per heavy atom. The average Bonchev–Trinajstić information content (AvgIpc) is 2.81. The van der Waals surface area contributed by atoms with Gasteiger partial charge in [-0.2, -0.15) is 22.3 Å². The van der Waals surface area contributed by atoms with Gasteiger partial charge in [0, 0.05) is 29.9 Å². The smallest absolute Gasteiger partial charge is 0.387 e. The van der Waals surface area contributed by atoms with Crippen LogP contribution in [-0.4, -0.2) is 29.4 Å². The summed E-state index contributed by atoms with van der Waals surface area (Å²) in [6, 6.07) is 10.6. The first kappa shape index (κ1) is 27.8. The van der Waals surface area contributed by atoms with Crippen molar-refractivity contribution >= 4 is 0 Å². The van der Waals surface area contributed by atoms with E-state index in [4.69, 9.17) is 0 Å². The molecule has 2 heterocycles. The molecule has 6 nitrogen and oxygen atoms in total. The van der Waals surface area contributed by atoms with Crippen LogP contribution < -0.4 is 14.2 Å². The van der Waals surface area contributed by atoms with Crippen LogP contribution >= 0.6 is 0 Å². The van der Waals surface area contributed by atoms with Gasteiger partial charge < -0.3 is 19.8 Å². The highest BCUT2D eigenvalue weighted by atomic mass is 19.3. The lowest BCUT2D eigenvalue weighted by Gasteiger charge is -2.20. The van der Waals surface area contributed by atoms with Gasteiger partial charge in [0.05, 0.1) is 6.10 Å². The van der Waals surface area contributed by atoms with Crippen molar-refractivity contribution in [3.63, 3.8) is 0 Å². The fourth-order valence-electron chi connectivity index (χ4n) is 3.44. The largest absolute Gasteiger partial charge is 0.619 e. The molecular formula is C25H28F4N2O4. The highest BCUT2D eigenvalue weighted by Gasteiger charge is 2.22. The quantitative estimate of drug-likeness (QED) is 0.236. The Kier molecular flexibility index (Phi) is 10.7. The fraction of sp³-hybridized carbons (Fsp3) is 0.360. The molecule has 2 unspecified atom stereocenters. The van der Waals surface area contributed by atoms with Crippen molar-refractivity contribution in [2.45, 2.75) is 58.9 Å². The molecule has 2 atom stereocenters. The van der Waals surface area contributed by atoms with Crippen LogP contribution in [0.4, 0.5) is 17.6 Å². The maximum atomic E-state index is 12.9. The zero-order valence-electron chi connectivity index (χ0n) is 19.6. The lowest BCUT2D eigenvalue weighted by Crippen LogP contribution is -2.24. The second kappa shape index (κ2) is 13.5. The molecule has 3 aromatic rings. The Balaban J connectivity index is 0.00000210. The van der Waals surface area contributed by atoms with Crippen molar-refractivity contribution in [1.29, 1.82) is 0 Å². The van der Waals surface area contributed by atoms with Crippen molar-refractivity contribution in [2.24, 2.45) is 0 Å². The third-order valence-corrected chi connectivity index (χ3v) is 4.85. The normalized spacial score (nSPS) is 12.6. The van der Waals surface area contributed by atoms with Crippen LogP contribution in [0.1, 0.15) is 49.1 Å². The maximum absolute atomic E-state index is 12.9. The Labute approximate surface area is 201 Å². The highest BCUT2D eigenvalue weighted by Crippen LogP contribution is 2.36. The minimum Gasteiger partial charge on any atom is -0.619 e. The molecule has 190 valence electrons. The van der Waals surface area contributed by atoms with Crippen molar-refractivity contribution in [3.05, 3.63) is 88.6 Å². The van der Waals surface area contributed by atoms with Gasteiger partial charge in [-0.1, -0.05) is 26.0 Å². The summed E-state index contributed by atoms with van der Waals surface area (Å²) in [5, 5.41) is 20.9. The molecule has 0 radical (unpaired) electrons. The predicted octanol–water partition coefficient (Wildman–Crippen LogP) is 5.24. The minimum absolute atomic E-state index is 0.340. The lowest BCUT2D eigenvalue weighted by molar-refractivity contribution is -0.605. The molecule has 35 heavy (non-hydrogen) atoms. The van der Waals surface area contributed by atoms with Crippen molar-refractivity contribution in [1.82, 2.24) is 4.98 Å². The van der Waals surface area contributed by atoms with E-state index >= 15 is 0 Å². The number of aliphatic hydroxyl groups excluding tert-OH is 1. The van der Waals surface area contributed by atoms with Gasteiger partial charge in [-0.05, 0) is 54.7 Å². The summed E-state index contributed by atoms with van der Waals surface area (Å²) in [5.41, 5.74) is 2.63. The molecule has 10 heteroatoms. The van der Waals surface area contributed by atoms with Gasteiger partial charge in [-0.15, -0.1) is 0 Å². The van der Waals surface area contributed by atoms with E-state index in [9.17, 15) is 27.9 Å². The summed E-state index contributed by atoms with van der Waals surface area (Å²) in [4.78, 5) is 4.47. The molecule has 0 aliphatic heterocycles. The van der Waals surface area contributed by atoms with Gasteiger partial charge >= 0.3 is 13.2 Å². The number of ether oxygens (including phenoxy) is 2. The van der Waals surface area contributed by atoms with Crippen molar-refractivity contribution < 1.29 is 36.9 Å². The second-order valence-electron chi connectivity index (χ2n) is 7.43. The molecule has 0 amide bonds. The summed E-state index contributed by atoms with van der Waals surface area (Å²) in [7, 11) is 0. The number of hydrogen-bond acceptors (Lipinski definition) is 5. The van der Waals surface area contributed by atoms with Crippen LogP contribution in [0.5, 0.6) is 11.5 Å². The number of aromatic nitrogens is 2. The molecule has 3 rings (SSSR count). The molecule has 0 aliphatic rings. The molecule has 0 saturated carbocycles. The maximum Gasteiger partial charge on any atom is 0.387 e. The first-order chi connectivity index (χ1) is 16.7. The Bertz CT molecular complexity index is 1030. The van der Waals surface area contributed by atoms with E-state index < -0.39 is 36.7 Å². The molecule has 0 saturated heterocycles. The number of hydrogen-bond donors (Lipinski definition) is 1. The number of rotatable bonds is 10. The van der Waals surface area contributed by atoms with E-state index in [0.717, 1.165) is 17.2 Å². The summed E-state index contributed by atoms with van der Waals surface area (Å²) in [6.45, 7) is -0.793. The van der Waals surface area contributed by atoms with Gasteiger partial charge in [0.15, 0.2) is 23.9 Å². The third-order valence-electron chi connectivity index (χ3n) is 4.85. The highest BCUT2D eigenvalue weighted by molar-refractivity contribution is 5.46. The standard InChI is InChI=1S/C23H22F4N2O4.C2H6/c1-14(30)10-16-2-4-19(28-13-16)18(11-15-6-8-29(31)9-7-15)17-3-5-20(32-22(24)25)21(12-17)33-23(26)27;1-2/h2-9,12-14,18,22-23,30H,10-11H2,1H3;1-2H3. The monoisotopic (exact) mass is 496 g/mol. The van der Waals surface area contributed by atoms with Crippen LogP contribution in [0.25, 0.3) is 0 Å². The first-order valence-electron chi connectivity index (χ1n) is 11.1. The van der Waals surface area contributed by atoms with E-state index in [1.54, 1.807) is 37.4 Å². The van der Waals surface area contributed by atoms with Gasteiger partial charge in [0.2, 0.25) is 0 Å². The molecule has 0 fully saturated rings. The topological polar surface area (TPSA) is 78.5 Å². The van der Waals surface area contributed by atoms with Crippen LogP contribution in [0.15, 0.2) is 61.1 Å². The number of pyridine rings is 2. The molecule has 0 spiro atoms. The van der Waals surface area contributed by atoms with E-state index in [1.807, 2.05) is 13.8 Å². The van der Waals surface area contributed by atoms with E-state index in [1.165, 1.54) is 24.5 Å². The minimum atomic E-state index is -3.24. The van der Waals surface area contributed by atoms with Gasteiger partial charge in [-0.25, -0.2) is 0 Å². The van der Waals surface area contributed by atoms with Crippen LogP contribution in [-0.2, 0) is 12.8 Å². The van der Waals surface area contributed by atoms with E-state index in [-0.39, 0.29) is 0 Å². The molecular weight excluding hydrogens is 468 g/mol. The van der Waals surface area contributed by atoms with Crippen LogP contribution in [0.3, 0.4) is 0 Å². The third kappa shape index (κ3) is 8.71. The summed E-state index contributed by atoms with van der Waals surface area (Å²) >= 11 is 0. The predicted molar refractivity (Wildman–Crippen MR) is 122 cm³/mol. The van der Waals surface area contributed by atoms with E-state index in [0.29, 0.717) is 28.8 Å². The number of aliphatic hydroxyl groups is 1. The van der Waals surface area contributed by atoms with Crippen molar-refractivity contribution in [3.8, 4) is 11.5 Å². The van der Waals surface area contributed by atoms with Gasteiger partial charge in [0.1, 0.15) is 0 Å². The number of halogens is 4. The summed E-state index contributed by atoms with van der Waals surface area (Å²) < 4.78 is 60.5. The summed E-state index contributed by atoms with van der Waals surface area (Å²) in [6.07, 6.45) is 4.47. The lowest BCUT2D eigenvalue weighted by atomic mass is 9.88. The zero-order chi connectivity index (χ0) is 26.0. The SMILES string of the molecule is CC.CC(O)Cc1ccc(C(Cc2cc[n+]([O-])cc2)c2ccc(OC(F)F)c(OC(F)F)c2)nc1. The zero-order valence-corrected chi connectivity index (χ0v) is 19.6. The van der Waals surface area contributed by atoms with Gasteiger partial charge in [0.25, 0.3) is 0 Å². The molecule has 2 aromatic heterocycles. The van der Waals surface area contributed by atoms with E-state index in [2.05, 4.69) is 14.5 Å². The number of alkyl halides is 4. The fourth-order valence-corrected chi connectivity index (χ4v) is 3.44. The first-order valence-corrected chi connectivity index (χ1v) is 11.1. The Morgan fingerprint density at radius 3 is 2.06 bits per heavy atom. The number of nitrogens with zero attached hydrogens (tertiary/aromatic N) is 2. The van der Waals surface area contributed by atoms with Crippen molar-refractivity contribution in [2.75, 3.05) is 0 Å². The molecule has 0 bridgehead atoms. The Hall–Kier alpha value is -3.40. The molecule has 0 aliphatic carbocycles. The van der Waals surface area contributed by atoms with Crippen LogP contribution in [0, 0.1) is 5.21 Å². The Morgan fingerprint density at radius 2 is 1.51 bits per heavy atom. The molecule has 1 aromatic carbocycles. The second-order valence-corrected chi connectivity index (χ2v) is 7.43. The molecule has 1 N–H and O–H groups in total. The van der Waals surface area contributed by atoms with Crippen LogP contribution in [0.2, 0.25) is 0 Å². The van der Waals surface area contributed by atoms with Gasteiger partial charge in [-0.3, -0.25) is 4.98 Å². The summed E-state index contributed by atoms with van der Waals surface area (Å²) in [5.74, 6) is -1.52. The average molecular weight is 497 g/mol.